The number of hydrogen-bond donors (Lipinski definition) is 1. The predicted octanol–water partition coefficient (Wildman–Crippen LogP) is 2.47. The summed E-state index contributed by atoms with van der Waals surface area (Å²) in [6.45, 7) is 5.98. The Bertz CT molecular complexity index is 731. The number of sulfonamides is 1. The number of carbonyl (C=O) groups excluding carboxylic acids is 1. The number of hydrogen-bond acceptors (Lipinski definition) is 4. The van der Waals surface area contributed by atoms with Crippen LogP contribution in [0.5, 0.6) is 0 Å². The molecule has 1 amide bonds. The molecule has 3 rings (SSSR count). The predicted molar refractivity (Wildman–Crippen MR) is 110 cm³/mol. The highest BCUT2D eigenvalue weighted by molar-refractivity contribution is 7.89. The number of nitrogens with one attached hydrogen (secondary N) is 1. The highest BCUT2D eigenvalue weighted by atomic mass is 32.2. The first-order valence-corrected chi connectivity index (χ1v) is 12.0. The van der Waals surface area contributed by atoms with E-state index in [1.807, 2.05) is 6.07 Å². The fourth-order valence-electron chi connectivity index (χ4n) is 4.26. The van der Waals surface area contributed by atoms with Crippen LogP contribution in [0.25, 0.3) is 0 Å². The van der Waals surface area contributed by atoms with E-state index in [4.69, 9.17) is 0 Å². The minimum absolute atomic E-state index is 0.0917. The molecule has 28 heavy (non-hydrogen) atoms. The van der Waals surface area contributed by atoms with Crippen molar-refractivity contribution in [3.05, 3.63) is 30.3 Å². The molecule has 0 unspecified atom stereocenters. The lowest BCUT2D eigenvalue weighted by Gasteiger charge is -2.33. The van der Waals surface area contributed by atoms with Crippen LogP contribution in [0.1, 0.15) is 45.4 Å². The summed E-state index contributed by atoms with van der Waals surface area (Å²) in [5, 5.41) is 3.05. The molecule has 0 aliphatic carbocycles. The summed E-state index contributed by atoms with van der Waals surface area (Å²) in [5.41, 5.74) is 0. The van der Waals surface area contributed by atoms with Gasteiger partial charge in [-0.1, -0.05) is 24.6 Å². The van der Waals surface area contributed by atoms with Crippen molar-refractivity contribution in [1.82, 2.24) is 14.5 Å². The molecule has 0 aromatic heterocycles. The third kappa shape index (κ3) is 5.55. The van der Waals surface area contributed by atoms with E-state index in [-0.39, 0.29) is 11.8 Å². The largest absolute Gasteiger partial charge is 0.355 e. The molecule has 0 saturated carbocycles. The van der Waals surface area contributed by atoms with Crippen LogP contribution in [-0.4, -0.2) is 62.3 Å². The van der Waals surface area contributed by atoms with E-state index in [0.717, 1.165) is 25.9 Å². The molecule has 2 heterocycles. The van der Waals surface area contributed by atoms with Crippen LogP contribution >= 0.6 is 0 Å². The summed E-state index contributed by atoms with van der Waals surface area (Å²) in [7, 11) is -3.42. The Morgan fingerprint density at radius 3 is 2.46 bits per heavy atom. The Hall–Kier alpha value is -1.44. The number of nitrogens with zero attached hydrogens (tertiary/aromatic N) is 2. The Kier molecular flexibility index (Phi) is 7.48. The Balaban J connectivity index is 1.38. The molecular formula is C21H33N3O3S. The van der Waals surface area contributed by atoms with Crippen LogP contribution in [-0.2, 0) is 14.8 Å². The number of amides is 1. The number of carbonyl (C=O) groups is 1. The van der Waals surface area contributed by atoms with Gasteiger partial charge in [-0.25, -0.2) is 8.42 Å². The zero-order chi connectivity index (χ0) is 20.0. The Morgan fingerprint density at radius 2 is 1.79 bits per heavy atom. The third-order valence-electron chi connectivity index (χ3n) is 6.09. The van der Waals surface area contributed by atoms with Gasteiger partial charge < -0.3 is 5.32 Å². The van der Waals surface area contributed by atoms with Crippen LogP contribution in [0.15, 0.2) is 35.2 Å². The van der Waals surface area contributed by atoms with Gasteiger partial charge in [-0.15, -0.1) is 0 Å². The fourth-order valence-corrected chi connectivity index (χ4v) is 5.75. The van der Waals surface area contributed by atoms with E-state index in [1.165, 1.54) is 19.3 Å². The number of benzene rings is 1. The second-order valence-electron chi connectivity index (χ2n) is 8.10. The highest BCUT2D eigenvalue weighted by Gasteiger charge is 2.30. The zero-order valence-electron chi connectivity index (χ0n) is 16.8. The second-order valence-corrected chi connectivity index (χ2v) is 10.0. The highest BCUT2D eigenvalue weighted by Crippen LogP contribution is 2.25. The van der Waals surface area contributed by atoms with E-state index in [9.17, 15) is 13.2 Å². The zero-order valence-corrected chi connectivity index (χ0v) is 17.7. The molecule has 0 radical (unpaired) electrons. The van der Waals surface area contributed by atoms with Crippen molar-refractivity contribution in [2.24, 2.45) is 5.92 Å². The van der Waals surface area contributed by atoms with Crippen molar-refractivity contribution in [2.45, 2.75) is 56.4 Å². The minimum atomic E-state index is -3.42. The summed E-state index contributed by atoms with van der Waals surface area (Å²) in [6, 6.07) is 9.19. The van der Waals surface area contributed by atoms with Crippen molar-refractivity contribution >= 4 is 15.9 Å². The van der Waals surface area contributed by atoms with Gasteiger partial charge in [-0.05, 0) is 57.2 Å². The van der Waals surface area contributed by atoms with Crippen molar-refractivity contribution in [2.75, 3.05) is 32.7 Å². The first-order chi connectivity index (χ1) is 13.5. The topological polar surface area (TPSA) is 69.7 Å². The standard InChI is InChI=1S/C21H33N3O3S/c1-18-7-5-6-13-23(18)16-12-22-21(25)17-19-10-14-24(15-11-19)28(26,27)20-8-3-2-4-9-20/h2-4,8-9,18-19H,5-7,10-17H2,1H3,(H,22,25)/t18-/m0/s1. The van der Waals surface area contributed by atoms with Crippen molar-refractivity contribution in [3.63, 3.8) is 0 Å². The molecule has 6 nitrogen and oxygen atoms in total. The van der Waals surface area contributed by atoms with Crippen LogP contribution in [0.3, 0.4) is 0 Å². The monoisotopic (exact) mass is 407 g/mol. The van der Waals surface area contributed by atoms with Gasteiger partial charge in [0.05, 0.1) is 4.90 Å². The minimum Gasteiger partial charge on any atom is -0.355 e. The average Bonchev–Trinajstić information content (AvgIpc) is 2.70. The first kappa shape index (κ1) is 21.3. The van der Waals surface area contributed by atoms with Gasteiger partial charge in [0, 0.05) is 38.6 Å². The SMILES string of the molecule is C[C@H]1CCCCN1CCNC(=O)CC1CCN(S(=O)(=O)c2ccccc2)CC1. The van der Waals surface area contributed by atoms with Crippen LogP contribution in [0, 0.1) is 5.92 Å². The van der Waals surface area contributed by atoms with Crippen molar-refractivity contribution in [3.8, 4) is 0 Å². The van der Waals surface area contributed by atoms with Gasteiger partial charge in [0.15, 0.2) is 0 Å². The Labute approximate surface area is 169 Å². The number of piperidine rings is 2. The lowest BCUT2D eigenvalue weighted by atomic mass is 9.94. The molecule has 7 heteroatoms. The van der Waals surface area contributed by atoms with Gasteiger partial charge in [0.2, 0.25) is 15.9 Å². The first-order valence-electron chi connectivity index (χ1n) is 10.5. The molecule has 2 fully saturated rings. The maximum absolute atomic E-state index is 12.7. The molecule has 2 aliphatic heterocycles. The molecule has 2 aliphatic rings. The van der Waals surface area contributed by atoms with Gasteiger partial charge in [0.1, 0.15) is 0 Å². The molecular weight excluding hydrogens is 374 g/mol. The molecule has 156 valence electrons. The quantitative estimate of drug-likeness (QED) is 0.754. The molecule has 0 bridgehead atoms. The van der Waals surface area contributed by atoms with E-state index in [2.05, 4.69) is 17.1 Å². The summed E-state index contributed by atoms with van der Waals surface area (Å²) in [4.78, 5) is 15.1. The maximum Gasteiger partial charge on any atom is 0.243 e. The van der Waals surface area contributed by atoms with Crippen molar-refractivity contribution < 1.29 is 13.2 Å². The molecule has 1 aromatic carbocycles. The summed E-state index contributed by atoms with van der Waals surface area (Å²) in [6.07, 6.45) is 5.78. The van der Waals surface area contributed by atoms with E-state index in [1.54, 1.807) is 28.6 Å². The van der Waals surface area contributed by atoms with Crippen LogP contribution in [0.2, 0.25) is 0 Å². The number of likely N-dealkylation sites (tertiary alicyclic amines) is 1. The van der Waals surface area contributed by atoms with Crippen LogP contribution < -0.4 is 5.32 Å². The average molecular weight is 408 g/mol. The molecule has 1 atom stereocenters. The van der Waals surface area contributed by atoms with E-state index < -0.39 is 10.0 Å². The fraction of sp³-hybridized carbons (Fsp3) is 0.667. The van der Waals surface area contributed by atoms with E-state index in [0.29, 0.717) is 37.0 Å². The van der Waals surface area contributed by atoms with Gasteiger partial charge in [-0.3, -0.25) is 9.69 Å². The lowest BCUT2D eigenvalue weighted by Crippen LogP contribution is -2.43. The third-order valence-corrected chi connectivity index (χ3v) is 8.00. The van der Waals surface area contributed by atoms with Gasteiger partial charge >= 0.3 is 0 Å². The normalized spacial score (nSPS) is 22.8. The summed E-state index contributed by atoms with van der Waals surface area (Å²) >= 11 is 0. The molecule has 2 saturated heterocycles. The molecule has 1 N–H and O–H groups in total. The second kappa shape index (κ2) is 9.85. The molecule has 1 aromatic rings. The van der Waals surface area contributed by atoms with Gasteiger partial charge in [0.25, 0.3) is 0 Å². The molecule has 0 spiro atoms. The summed E-state index contributed by atoms with van der Waals surface area (Å²) < 4.78 is 26.9. The van der Waals surface area contributed by atoms with Crippen molar-refractivity contribution in [1.29, 1.82) is 0 Å². The summed E-state index contributed by atoms with van der Waals surface area (Å²) in [5.74, 6) is 0.352. The number of rotatable bonds is 7. The van der Waals surface area contributed by atoms with E-state index >= 15 is 0 Å². The van der Waals surface area contributed by atoms with Gasteiger partial charge in [-0.2, -0.15) is 4.31 Å². The Morgan fingerprint density at radius 1 is 1.07 bits per heavy atom. The maximum atomic E-state index is 12.7. The van der Waals surface area contributed by atoms with Crippen LogP contribution in [0.4, 0.5) is 0 Å². The lowest BCUT2D eigenvalue weighted by molar-refractivity contribution is -0.122. The smallest absolute Gasteiger partial charge is 0.243 e.